The number of rotatable bonds is 6. The number of aliphatic hydroxyl groups is 1. The fourth-order valence-corrected chi connectivity index (χ4v) is 1.71. The first-order valence-electron chi connectivity index (χ1n) is 6.31. The number of alkyl halides is 1. The summed E-state index contributed by atoms with van der Waals surface area (Å²) >= 11 is 3.35. The third-order valence-corrected chi connectivity index (χ3v) is 4.11. The van der Waals surface area contributed by atoms with Crippen molar-refractivity contribution in [3.05, 3.63) is 23.8 Å². The highest BCUT2D eigenvalue weighted by Gasteiger charge is 2.18. The van der Waals surface area contributed by atoms with E-state index in [2.05, 4.69) is 21.2 Å². The zero-order valence-corrected chi connectivity index (χ0v) is 13.0. The van der Waals surface area contributed by atoms with Crippen LogP contribution in [0.3, 0.4) is 0 Å². The first kappa shape index (κ1) is 16.0. The molecule has 19 heavy (non-hydrogen) atoms. The standard InChI is InChI=1S/C14H20BrNO3/c1-4-19-12-6-5-11(7-10(12)8-17)16-14(18)13(15)9(2)3/h5-7,9,13,17H,4,8H2,1-3H3,(H,16,18). The predicted molar refractivity (Wildman–Crippen MR) is 79.7 cm³/mol. The van der Waals surface area contributed by atoms with Gasteiger partial charge in [-0.25, -0.2) is 0 Å². The third kappa shape index (κ3) is 4.51. The third-order valence-electron chi connectivity index (χ3n) is 2.63. The zero-order chi connectivity index (χ0) is 14.4. The Morgan fingerprint density at radius 1 is 1.47 bits per heavy atom. The van der Waals surface area contributed by atoms with Crippen molar-refractivity contribution in [3.8, 4) is 5.75 Å². The van der Waals surface area contributed by atoms with E-state index in [0.29, 0.717) is 23.6 Å². The molecule has 0 aromatic heterocycles. The van der Waals surface area contributed by atoms with Crippen LogP contribution in [-0.4, -0.2) is 22.4 Å². The molecule has 0 radical (unpaired) electrons. The van der Waals surface area contributed by atoms with Crippen molar-refractivity contribution in [2.45, 2.75) is 32.2 Å². The minimum absolute atomic E-state index is 0.0944. The van der Waals surface area contributed by atoms with Gasteiger partial charge in [-0.05, 0) is 31.0 Å². The van der Waals surface area contributed by atoms with Crippen LogP contribution in [0.15, 0.2) is 18.2 Å². The molecule has 0 fully saturated rings. The summed E-state index contributed by atoms with van der Waals surface area (Å²) in [5.41, 5.74) is 1.32. The van der Waals surface area contributed by atoms with Gasteiger partial charge >= 0.3 is 0 Å². The maximum atomic E-state index is 11.9. The lowest BCUT2D eigenvalue weighted by molar-refractivity contribution is -0.116. The van der Waals surface area contributed by atoms with Crippen molar-refractivity contribution in [3.63, 3.8) is 0 Å². The molecule has 0 saturated heterocycles. The molecular formula is C14H20BrNO3. The fourth-order valence-electron chi connectivity index (χ4n) is 1.59. The van der Waals surface area contributed by atoms with Crippen molar-refractivity contribution in [1.29, 1.82) is 0 Å². The zero-order valence-electron chi connectivity index (χ0n) is 11.4. The van der Waals surface area contributed by atoms with Gasteiger partial charge < -0.3 is 15.2 Å². The van der Waals surface area contributed by atoms with Gasteiger partial charge in [0.05, 0.1) is 18.0 Å². The Morgan fingerprint density at radius 3 is 2.68 bits per heavy atom. The van der Waals surface area contributed by atoms with E-state index in [-0.39, 0.29) is 23.3 Å². The van der Waals surface area contributed by atoms with Crippen LogP contribution < -0.4 is 10.1 Å². The number of anilines is 1. The van der Waals surface area contributed by atoms with Crippen molar-refractivity contribution in [2.75, 3.05) is 11.9 Å². The highest BCUT2D eigenvalue weighted by molar-refractivity contribution is 9.10. The SMILES string of the molecule is CCOc1ccc(NC(=O)C(Br)C(C)C)cc1CO. The monoisotopic (exact) mass is 329 g/mol. The molecule has 1 aromatic rings. The molecule has 106 valence electrons. The molecule has 0 aliphatic rings. The molecule has 1 aromatic carbocycles. The topological polar surface area (TPSA) is 58.6 Å². The molecular weight excluding hydrogens is 310 g/mol. The van der Waals surface area contributed by atoms with E-state index in [0.717, 1.165) is 0 Å². The number of aliphatic hydroxyl groups excluding tert-OH is 1. The Morgan fingerprint density at radius 2 is 2.16 bits per heavy atom. The molecule has 0 aliphatic heterocycles. The lowest BCUT2D eigenvalue weighted by Gasteiger charge is -2.15. The largest absolute Gasteiger partial charge is 0.494 e. The quantitative estimate of drug-likeness (QED) is 0.789. The molecule has 0 aliphatic carbocycles. The first-order valence-corrected chi connectivity index (χ1v) is 7.22. The highest BCUT2D eigenvalue weighted by Crippen LogP contribution is 2.24. The molecule has 0 bridgehead atoms. The van der Waals surface area contributed by atoms with Gasteiger partial charge in [0.1, 0.15) is 5.75 Å². The van der Waals surface area contributed by atoms with E-state index in [1.54, 1.807) is 18.2 Å². The van der Waals surface area contributed by atoms with Gasteiger partial charge in [0.25, 0.3) is 0 Å². The summed E-state index contributed by atoms with van der Waals surface area (Å²) in [6.45, 7) is 6.23. The Kier molecular flexibility index (Phi) is 6.31. The summed E-state index contributed by atoms with van der Waals surface area (Å²) in [5.74, 6) is 0.755. The molecule has 2 N–H and O–H groups in total. The number of ether oxygens (including phenoxy) is 1. The smallest absolute Gasteiger partial charge is 0.238 e. The maximum Gasteiger partial charge on any atom is 0.238 e. The number of hydrogen-bond acceptors (Lipinski definition) is 3. The molecule has 1 unspecified atom stereocenters. The van der Waals surface area contributed by atoms with E-state index in [1.807, 2.05) is 20.8 Å². The first-order chi connectivity index (χ1) is 8.99. The van der Waals surface area contributed by atoms with Crippen molar-refractivity contribution in [2.24, 2.45) is 5.92 Å². The summed E-state index contributed by atoms with van der Waals surface area (Å²) in [6, 6.07) is 5.24. The Balaban J connectivity index is 2.82. The van der Waals surface area contributed by atoms with E-state index in [1.165, 1.54) is 0 Å². The number of carbonyl (C=O) groups is 1. The van der Waals surface area contributed by atoms with Gasteiger partial charge in [-0.15, -0.1) is 0 Å². The number of halogens is 1. The summed E-state index contributed by atoms with van der Waals surface area (Å²) < 4.78 is 5.39. The van der Waals surface area contributed by atoms with Gasteiger partial charge in [-0.2, -0.15) is 0 Å². The van der Waals surface area contributed by atoms with Gasteiger partial charge in [0.15, 0.2) is 0 Å². The van der Waals surface area contributed by atoms with Crippen LogP contribution >= 0.6 is 15.9 Å². The number of nitrogens with one attached hydrogen (secondary N) is 1. The maximum absolute atomic E-state index is 11.9. The molecule has 5 heteroatoms. The van der Waals surface area contributed by atoms with Crippen molar-refractivity contribution < 1.29 is 14.6 Å². The lowest BCUT2D eigenvalue weighted by atomic mass is 10.1. The predicted octanol–water partition coefficient (Wildman–Crippen LogP) is 2.94. The molecule has 0 spiro atoms. The molecule has 1 rings (SSSR count). The van der Waals surface area contributed by atoms with Gasteiger partial charge in [-0.1, -0.05) is 29.8 Å². The van der Waals surface area contributed by atoms with E-state index in [4.69, 9.17) is 4.74 Å². The highest BCUT2D eigenvalue weighted by atomic mass is 79.9. The summed E-state index contributed by atoms with van der Waals surface area (Å²) in [7, 11) is 0. The van der Waals surface area contributed by atoms with Crippen LogP contribution in [0.2, 0.25) is 0 Å². The molecule has 0 saturated carbocycles. The van der Waals surface area contributed by atoms with Crippen LogP contribution in [0.4, 0.5) is 5.69 Å². The molecule has 4 nitrogen and oxygen atoms in total. The van der Waals surface area contributed by atoms with E-state index >= 15 is 0 Å². The summed E-state index contributed by atoms with van der Waals surface area (Å²) in [4.78, 5) is 11.7. The minimum Gasteiger partial charge on any atom is -0.494 e. The van der Waals surface area contributed by atoms with Gasteiger partial charge in [0.2, 0.25) is 5.91 Å². The summed E-state index contributed by atoms with van der Waals surface area (Å²) in [5, 5.41) is 12.1. The molecule has 0 heterocycles. The van der Waals surface area contributed by atoms with Gasteiger partial charge in [0, 0.05) is 11.3 Å². The molecule has 1 atom stereocenters. The normalized spacial score (nSPS) is 12.3. The van der Waals surface area contributed by atoms with Crippen LogP contribution in [-0.2, 0) is 11.4 Å². The van der Waals surface area contributed by atoms with E-state index in [9.17, 15) is 9.90 Å². The molecule has 1 amide bonds. The van der Waals surface area contributed by atoms with Crippen LogP contribution in [0.25, 0.3) is 0 Å². The Hall–Kier alpha value is -1.07. The average molecular weight is 330 g/mol. The average Bonchev–Trinajstić information content (AvgIpc) is 2.39. The van der Waals surface area contributed by atoms with Crippen LogP contribution in [0, 0.1) is 5.92 Å². The Bertz CT molecular complexity index is 435. The van der Waals surface area contributed by atoms with E-state index < -0.39 is 0 Å². The Labute approximate surface area is 122 Å². The number of hydrogen-bond donors (Lipinski definition) is 2. The minimum atomic E-state index is -0.239. The second kappa shape index (κ2) is 7.50. The second-order valence-corrected chi connectivity index (χ2v) is 5.54. The second-order valence-electron chi connectivity index (χ2n) is 4.55. The van der Waals surface area contributed by atoms with Gasteiger partial charge in [-0.3, -0.25) is 4.79 Å². The van der Waals surface area contributed by atoms with Crippen LogP contribution in [0.1, 0.15) is 26.3 Å². The number of benzene rings is 1. The van der Waals surface area contributed by atoms with Crippen molar-refractivity contribution >= 4 is 27.5 Å². The van der Waals surface area contributed by atoms with Crippen LogP contribution in [0.5, 0.6) is 5.75 Å². The lowest BCUT2D eigenvalue weighted by Crippen LogP contribution is -2.27. The van der Waals surface area contributed by atoms with Crippen molar-refractivity contribution in [1.82, 2.24) is 0 Å². The number of carbonyl (C=O) groups excluding carboxylic acids is 1. The summed E-state index contributed by atoms with van der Waals surface area (Å²) in [6.07, 6.45) is 0. The number of amides is 1. The fraction of sp³-hybridized carbons (Fsp3) is 0.500.